The van der Waals surface area contributed by atoms with Crippen LogP contribution in [0.4, 0.5) is 4.39 Å². The van der Waals surface area contributed by atoms with Crippen molar-refractivity contribution in [2.75, 3.05) is 6.54 Å². The normalized spacial score (nSPS) is 16.2. The van der Waals surface area contributed by atoms with E-state index in [1.165, 1.54) is 17.4 Å². The van der Waals surface area contributed by atoms with Gasteiger partial charge in [0.2, 0.25) is 5.91 Å². The van der Waals surface area contributed by atoms with Crippen LogP contribution in [0.1, 0.15) is 28.6 Å². The van der Waals surface area contributed by atoms with Crippen LogP contribution in [0.5, 0.6) is 0 Å². The van der Waals surface area contributed by atoms with Crippen LogP contribution >= 0.6 is 11.3 Å². The molecule has 6 rings (SSSR count). The first-order chi connectivity index (χ1) is 15.2. The number of hydrogen-bond acceptors (Lipinski definition) is 3. The Morgan fingerprint density at radius 3 is 2.90 bits per heavy atom. The Bertz CT molecular complexity index is 1400. The molecule has 0 fully saturated rings. The molecule has 1 aliphatic rings. The smallest absolute Gasteiger partial charge is 0.229 e. The first-order valence-corrected chi connectivity index (χ1v) is 11.1. The Labute approximate surface area is 181 Å². The minimum Gasteiger partial charge on any atom is -0.356 e. The van der Waals surface area contributed by atoms with Gasteiger partial charge in [0, 0.05) is 46.5 Å². The molecule has 0 saturated carbocycles. The monoisotopic (exact) mass is 430 g/mol. The summed E-state index contributed by atoms with van der Waals surface area (Å²) in [7, 11) is 0. The number of carbonyl (C=O) groups excluding carboxylic acids is 1. The lowest BCUT2D eigenvalue weighted by Crippen LogP contribution is -2.41. The van der Waals surface area contributed by atoms with E-state index >= 15 is 0 Å². The third kappa shape index (κ3) is 2.96. The van der Waals surface area contributed by atoms with Gasteiger partial charge in [-0.3, -0.25) is 9.20 Å². The summed E-state index contributed by atoms with van der Waals surface area (Å²) in [6.45, 7) is 0.537. The van der Waals surface area contributed by atoms with Crippen molar-refractivity contribution >= 4 is 33.1 Å². The summed E-state index contributed by atoms with van der Waals surface area (Å²) in [5.41, 5.74) is 4.31. The molecule has 0 aliphatic carbocycles. The minimum absolute atomic E-state index is 0.0525. The van der Waals surface area contributed by atoms with Crippen LogP contribution < -0.4 is 0 Å². The molecular weight excluding hydrogens is 411 g/mol. The van der Waals surface area contributed by atoms with E-state index in [2.05, 4.69) is 16.0 Å². The lowest BCUT2D eigenvalue weighted by Gasteiger charge is -2.36. The summed E-state index contributed by atoms with van der Waals surface area (Å²) in [6.07, 6.45) is 4.74. The SMILES string of the molecule is O=C(Cc1cn2ccsc2n1)N1CCc2c([nH]c3ccccc23)C1c1ccccc1F. The third-order valence-electron chi connectivity index (χ3n) is 6.03. The molecule has 0 saturated heterocycles. The molecule has 154 valence electrons. The van der Waals surface area contributed by atoms with Gasteiger partial charge < -0.3 is 9.88 Å². The Morgan fingerprint density at radius 2 is 2.03 bits per heavy atom. The summed E-state index contributed by atoms with van der Waals surface area (Å²) in [5.74, 6) is -0.359. The van der Waals surface area contributed by atoms with E-state index in [4.69, 9.17) is 0 Å². The number of H-pyrrole nitrogens is 1. The van der Waals surface area contributed by atoms with Gasteiger partial charge in [-0.1, -0.05) is 36.4 Å². The lowest BCUT2D eigenvalue weighted by atomic mass is 9.91. The van der Waals surface area contributed by atoms with Crippen LogP contribution in [0.25, 0.3) is 15.9 Å². The molecule has 1 unspecified atom stereocenters. The molecule has 0 radical (unpaired) electrons. The van der Waals surface area contributed by atoms with Gasteiger partial charge in [-0.05, 0) is 24.1 Å². The predicted molar refractivity (Wildman–Crippen MR) is 119 cm³/mol. The van der Waals surface area contributed by atoms with Gasteiger partial charge in [0.05, 0.1) is 12.1 Å². The summed E-state index contributed by atoms with van der Waals surface area (Å²) in [4.78, 5) is 24.1. The highest BCUT2D eigenvalue weighted by molar-refractivity contribution is 7.15. The average molecular weight is 431 g/mol. The Morgan fingerprint density at radius 1 is 1.19 bits per heavy atom. The zero-order valence-electron chi connectivity index (χ0n) is 16.6. The Kier molecular flexibility index (Phi) is 4.17. The van der Waals surface area contributed by atoms with E-state index in [1.807, 2.05) is 46.4 Å². The molecule has 2 aromatic carbocycles. The number of imidazole rings is 1. The van der Waals surface area contributed by atoms with Gasteiger partial charge in [0.15, 0.2) is 4.96 Å². The van der Waals surface area contributed by atoms with Crippen molar-refractivity contribution in [3.8, 4) is 0 Å². The standard InChI is InChI=1S/C24H19FN4OS/c25-19-7-3-1-6-18(19)23-22-17(16-5-2-4-8-20(16)27-22)9-10-29(23)21(30)13-15-14-28-11-12-31-24(28)26-15/h1-8,11-12,14,23,27H,9-10,13H2. The number of aromatic amines is 1. The number of halogens is 1. The summed E-state index contributed by atoms with van der Waals surface area (Å²) in [5, 5.41) is 3.10. The number of fused-ring (bicyclic) bond motifs is 4. The highest BCUT2D eigenvalue weighted by Gasteiger charge is 2.35. The fraction of sp³-hybridized carbons (Fsp3) is 0.167. The lowest BCUT2D eigenvalue weighted by molar-refractivity contribution is -0.132. The number of carbonyl (C=O) groups is 1. The van der Waals surface area contributed by atoms with Crippen molar-refractivity contribution in [3.63, 3.8) is 0 Å². The molecule has 0 bridgehead atoms. The van der Waals surface area contributed by atoms with Crippen molar-refractivity contribution in [1.82, 2.24) is 19.3 Å². The van der Waals surface area contributed by atoms with E-state index in [0.29, 0.717) is 12.1 Å². The van der Waals surface area contributed by atoms with Crippen molar-refractivity contribution in [2.24, 2.45) is 0 Å². The van der Waals surface area contributed by atoms with Gasteiger partial charge in [-0.2, -0.15) is 0 Å². The van der Waals surface area contributed by atoms with E-state index in [9.17, 15) is 9.18 Å². The van der Waals surface area contributed by atoms with Crippen molar-refractivity contribution in [3.05, 3.63) is 94.6 Å². The largest absolute Gasteiger partial charge is 0.356 e. The first kappa shape index (κ1) is 18.3. The zero-order valence-corrected chi connectivity index (χ0v) is 17.4. The molecule has 1 N–H and O–H groups in total. The number of benzene rings is 2. The van der Waals surface area contributed by atoms with Crippen LogP contribution in [0, 0.1) is 5.82 Å². The van der Waals surface area contributed by atoms with E-state index in [0.717, 1.165) is 39.2 Å². The van der Waals surface area contributed by atoms with Crippen LogP contribution in [0.2, 0.25) is 0 Å². The molecule has 4 heterocycles. The van der Waals surface area contributed by atoms with Gasteiger partial charge in [-0.15, -0.1) is 11.3 Å². The van der Waals surface area contributed by atoms with E-state index < -0.39 is 6.04 Å². The number of hydrogen-bond donors (Lipinski definition) is 1. The summed E-state index contributed by atoms with van der Waals surface area (Å²) < 4.78 is 16.8. The fourth-order valence-electron chi connectivity index (χ4n) is 4.65. The zero-order chi connectivity index (χ0) is 20.9. The highest BCUT2D eigenvalue weighted by Crippen LogP contribution is 2.39. The summed E-state index contributed by atoms with van der Waals surface area (Å²) >= 11 is 1.54. The number of nitrogens with one attached hydrogen (secondary N) is 1. The second-order valence-corrected chi connectivity index (χ2v) is 8.70. The van der Waals surface area contributed by atoms with Gasteiger partial charge in [0.1, 0.15) is 11.9 Å². The number of aromatic nitrogens is 3. The molecule has 5 nitrogen and oxygen atoms in total. The number of para-hydroxylation sites is 1. The van der Waals surface area contributed by atoms with E-state index in [-0.39, 0.29) is 18.1 Å². The first-order valence-electron chi connectivity index (χ1n) is 10.2. The highest BCUT2D eigenvalue weighted by atomic mass is 32.1. The van der Waals surface area contributed by atoms with Crippen molar-refractivity contribution < 1.29 is 9.18 Å². The fourth-order valence-corrected chi connectivity index (χ4v) is 5.37. The second kappa shape index (κ2) is 7.06. The number of rotatable bonds is 3. The maximum Gasteiger partial charge on any atom is 0.229 e. The van der Waals surface area contributed by atoms with Crippen LogP contribution in [-0.4, -0.2) is 31.7 Å². The predicted octanol–water partition coefficient (Wildman–Crippen LogP) is 4.73. The maximum absolute atomic E-state index is 14.9. The quantitative estimate of drug-likeness (QED) is 0.450. The topological polar surface area (TPSA) is 53.4 Å². The molecule has 3 aromatic heterocycles. The molecule has 7 heteroatoms. The van der Waals surface area contributed by atoms with Crippen molar-refractivity contribution in [2.45, 2.75) is 18.9 Å². The Hall–Kier alpha value is -3.45. The van der Waals surface area contributed by atoms with Gasteiger partial charge in [-0.25, -0.2) is 9.37 Å². The van der Waals surface area contributed by atoms with Gasteiger partial charge >= 0.3 is 0 Å². The summed E-state index contributed by atoms with van der Waals surface area (Å²) in [6, 6.07) is 14.3. The van der Waals surface area contributed by atoms with Crippen LogP contribution in [-0.2, 0) is 17.6 Å². The molecule has 0 spiro atoms. The molecule has 1 aliphatic heterocycles. The van der Waals surface area contributed by atoms with Crippen LogP contribution in [0.15, 0.2) is 66.3 Å². The molecule has 1 amide bonds. The Balaban J connectivity index is 1.43. The number of nitrogens with zero attached hydrogens (tertiary/aromatic N) is 3. The maximum atomic E-state index is 14.9. The van der Waals surface area contributed by atoms with Crippen molar-refractivity contribution in [1.29, 1.82) is 0 Å². The second-order valence-electron chi connectivity index (χ2n) is 7.83. The molecular formula is C24H19FN4OS. The number of thiazole rings is 1. The van der Waals surface area contributed by atoms with Crippen LogP contribution in [0.3, 0.4) is 0 Å². The minimum atomic E-state index is -0.492. The van der Waals surface area contributed by atoms with Gasteiger partial charge in [0.25, 0.3) is 0 Å². The molecule has 31 heavy (non-hydrogen) atoms. The van der Waals surface area contributed by atoms with E-state index in [1.54, 1.807) is 17.0 Å². The third-order valence-corrected chi connectivity index (χ3v) is 6.80. The molecule has 5 aromatic rings. The molecule has 1 atom stereocenters. The average Bonchev–Trinajstić information content (AvgIpc) is 3.46. The number of amides is 1.